The Bertz CT molecular complexity index is 1000. The van der Waals surface area contributed by atoms with E-state index in [0.29, 0.717) is 11.5 Å². The molecule has 3 rings (SSSR count). The van der Waals surface area contributed by atoms with Gasteiger partial charge in [-0.15, -0.1) is 0 Å². The molecule has 1 amide bonds. The second kappa shape index (κ2) is 10.9. The third kappa shape index (κ3) is 5.53. The van der Waals surface area contributed by atoms with Crippen LogP contribution in [0.2, 0.25) is 0 Å². The molecule has 0 aliphatic heterocycles. The van der Waals surface area contributed by atoms with Gasteiger partial charge in [-0.2, -0.15) is 0 Å². The molecule has 0 aliphatic carbocycles. The summed E-state index contributed by atoms with van der Waals surface area (Å²) in [5.74, 6) is 2.54. The standard InChI is InChI=1S/C25H26BrNO5/c1-29-19-9-5-16(6-10-19)25(17-7-11-20(30-2)12-8-17)27-24(28)14-18-13-22(31-3)23(32-4)15-21(18)26/h5-13,15,25H,14H2,1-4H3,(H,27,28). The number of benzene rings is 3. The van der Waals surface area contributed by atoms with Crippen LogP contribution >= 0.6 is 15.9 Å². The van der Waals surface area contributed by atoms with Crippen LogP contribution < -0.4 is 24.3 Å². The van der Waals surface area contributed by atoms with E-state index >= 15 is 0 Å². The fourth-order valence-electron chi connectivity index (χ4n) is 3.37. The predicted octanol–water partition coefficient (Wildman–Crippen LogP) is 4.93. The summed E-state index contributed by atoms with van der Waals surface area (Å²) < 4.78 is 22.0. The fourth-order valence-corrected chi connectivity index (χ4v) is 3.83. The van der Waals surface area contributed by atoms with Gasteiger partial charge in [-0.3, -0.25) is 4.79 Å². The van der Waals surface area contributed by atoms with Crippen LogP contribution in [0.1, 0.15) is 22.7 Å². The molecule has 0 heterocycles. The quantitative estimate of drug-likeness (QED) is 0.452. The molecule has 6 nitrogen and oxygen atoms in total. The highest BCUT2D eigenvalue weighted by Gasteiger charge is 2.19. The van der Waals surface area contributed by atoms with Gasteiger partial charge in [0.2, 0.25) is 5.91 Å². The molecular weight excluding hydrogens is 474 g/mol. The molecule has 3 aromatic carbocycles. The number of ether oxygens (including phenoxy) is 4. The number of halogens is 1. The molecule has 1 N–H and O–H groups in total. The van der Waals surface area contributed by atoms with Crippen molar-refractivity contribution < 1.29 is 23.7 Å². The summed E-state index contributed by atoms with van der Waals surface area (Å²) in [5.41, 5.74) is 2.68. The van der Waals surface area contributed by atoms with Gasteiger partial charge >= 0.3 is 0 Å². The van der Waals surface area contributed by atoms with Gasteiger partial charge in [0.05, 0.1) is 40.9 Å². The van der Waals surface area contributed by atoms with E-state index in [2.05, 4.69) is 21.2 Å². The molecule has 3 aromatic rings. The molecule has 0 unspecified atom stereocenters. The summed E-state index contributed by atoms with van der Waals surface area (Å²) in [6.45, 7) is 0. The summed E-state index contributed by atoms with van der Waals surface area (Å²) in [5, 5.41) is 3.15. The SMILES string of the molecule is COc1ccc(C(NC(=O)Cc2cc(OC)c(OC)cc2Br)c2ccc(OC)cc2)cc1. The maximum atomic E-state index is 13.1. The lowest BCUT2D eigenvalue weighted by Gasteiger charge is -2.21. The van der Waals surface area contributed by atoms with Crippen molar-refractivity contribution in [2.45, 2.75) is 12.5 Å². The summed E-state index contributed by atoms with van der Waals surface area (Å²) in [6, 6.07) is 18.6. The van der Waals surface area contributed by atoms with E-state index in [0.717, 1.165) is 32.7 Å². The zero-order valence-corrected chi connectivity index (χ0v) is 20.1. The molecule has 32 heavy (non-hydrogen) atoms. The Balaban J connectivity index is 1.87. The number of hydrogen-bond acceptors (Lipinski definition) is 5. The van der Waals surface area contributed by atoms with Crippen LogP contribution in [0.4, 0.5) is 0 Å². The van der Waals surface area contributed by atoms with Gasteiger partial charge < -0.3 is 24.3 Å². The minimum Gasteiger partial charge on any atom is -0.497 e. The van der Waals surface area contributed by atoms with Gasteiger partial charge in [-0.25, -0.2) is 0 Å². The molecule has 0 spiro atoms. The van der Waals surface area contributed by atoms with Crippen LogP contribution in [0, 0.1) is 0 Å². The number of rotatable bonds is 9. The van der Waals surface area contributed by atoms with Crippen LogP contribution in [0.25, 0.3) is 0 Å². The van der Waals surface area contributed by atoms with Gasteiger partial charge in [0.25, 0.3) is 0 Å². The molecule has 0 saturated carbocycles. The highest BCUT2D eigenvalue weighted by atomic mass is 79.9. The maximum Gasteiger partial charge on any atom is 0.225 e. The van der Waals surface area contributed by atoms with Gasteiger partial charge in [-0.05, 0) is 53.1 Å². The number of carbonyl (C=O) groups excluding carboxylic acids is 1. The van der Waals surface area contributed by atoms with Gasteiger partial charge in [-0.1, -0.05) is 40.2 Å². The zero-order valence-electron chi connectivity index (χ0n) is 18.5. The zero-order chi connectivity index (χ0) is 23.1. The van der Waals surface area contributed by atoms with Crippen molar-refractivity contribution in [3.63, 3.8) is 0 Å². The monoisotopic (exact) mass is 499 g/mol. The largest absolute Gasteiger partial charge is 0.497 e. The summed E-state index contributed by atoms with van der Waals surface area (Å²) in [7, 11) is 6.39. The summed E-state index contributed by atoms with van der Waals surface area (Å²) in [4.78, 5) is 13.1. The Hall–Kier alpha value is -3.19. The van der Waals surface area contributed by atoms with Crippen molar-refractivity contribution in [1.82, 2.24) is 5.32 Å². The normalized spacial score (nSPS) is 10.6. The highest BCUT2D eigenvalue weighted by molar-refractivity contribution is 9.10. The second-order valence-electron chi connectivity index (χ2n) is 7.02. The molecule has 168 valence electrons. The van der Waals surface area contributed by atoms with E-state index in [1.165, 1.54) is 0 Å². The molecule has 0 radical (unpaired) electrons. The van der Waals surface area contributed by atoms with E-state index in [1.54, 1.807) is 40.6 Å². The van der Waals surface area contributed by atoms with E-state index in [9.17, 15) is 4.79 Å². The first-order chi connectivity index (χ1) is 15.5. The average molecular weight is 500 g/mol. The lowest BCUT2D eigenvalue weighted by atomic mass is 9.98. The van der Waals surface area contributed by atoms with E-state index < -0.39 is 0 Å². The van der Waals surface area contributed by atoms with Crippen molar-refractivity contribution in [3.8, 4) is 23.0 Å². The van der Waals surface area contributed by atoms with Crippen LogP contribution in [-0.2, 0) is 11.2 Å². The van der Waals surface area contributed by atoms with Crippen molar-refractivity contribution >= 4 is 21.8 Å². The molecule has 0 aliphatic rings. The molecule has 0 atom stereocenters. The van der Waals surface area contributed by atoms with E-state index in [-0.39, 0.29) is 18.4 Å². The van der Waals surface area contributed by atoms with Crippen LogP contribution in [0.3, 0.4) is 0 Å². The Kier molecular flexibility index (Phi) is 8.00. The molecule has 0 saturated heterocycles. The average Bonchev–Trinajstić information content (AvgIpc) is 2.83. The molecule has 0 fully saturated rings. The lowest BCUT2D eigenvalue weighted by Crippen LogP contribution is -2.30. The van der Waals surface area contributed by atoms with Gasteiger partial charge in [0.15, 0.2) is 11.5 Å². The van der Waals surface area contributed by atoms with Gasteiger partial charge in [0.1, 0.15) is 11.5 Å². The topological polar surface area (TPSA) is 66.0 Å². The van der Waals surface area contributed by atoms with Crippen LogP contribution in [0.5, 0.6) is 23.0 Å². The smallest absolute Gasteiger partial charge is 0.225 e. The fraction of sp³-hybridized carbons (Fsp3) is 0.240. The molecule has 7 heteroatoms. The van der Waals surface area contributed by atoms with Crippen LogP contribution in [-0.4, -0.2) is 34.3 Å². The van der Waals surface area contributed by atoms with Crippen molar-refractivity contribution in [3.05, 3.63) is 81.8 Å². The first-order valence-corrected chi connectivity index (χ1v) is 10.8. The van der Waals surface area contributed by atoms with E-state index in [1.807, 2.05) is 48.5 Å². The number of hydrogen-bond donors (Lipinski definition) is 1. The maximum absolute atomic E-state index is 13.1. The summed E-state index contributed by atoms with van der Waals surface area (Å²) >= 11 is 3.52. The third-order valence-corrected chi connectivity index (χ3v) is 5.85. The number of carbonyl (C=O) groups is 1. The van der Waals surface area contributed by atoms with Crippen LogP contribution in [0.15, 0.2) is 65.1 Å². The Morgan fingerprint density at radius 2 is 1.25 bits per heavy atom. The minimum absolute atomic E-state index is 0.130. The molecular formula is C25H26BrNO5. The lowest BCUT2D eigenvalue weighted by molar-refractivity contribution is -0.120. The first-order valence-electron chi connectivity index (χ1n) is 9.96. The molecule has 0 aromatic heterocycles. The second-order valence-corrected chi connectivity index (χ2v) is 7.88. The predicted molar refractivity (Wildman–Crippen MR) is 127 cm³/mol. The van der Waals surface area contributed by atoms with Crippen molar-refractivity contribution in [2.75, 3.05) is 28.4 Å². The minimum atomic E-state index is -0.335. The third-order valence-electron chi connectivity index (χ3n) is 5.11. The molecule has 0 bridgehead atoms. The number of amides is 1. The number of nitrogens with one attached hydrogen (secondary N) is 1. The van der Waals surface area contributed by atoms with E-state index in [4.69, 9.17) is 18.9 Å². The first kappa shape index (κ1) is 23.5. The summed E-state index contributed by atoms with van der Waals surface area (Å²) in [6.07, 6.45) is 0.170. The number of methoxy groups -OCH3 is 4. The Labute approximate surface area is 196 Å². The highest BCUT2D eigenvalue weighted by Crippen LogP contribution is 2.34. The van der Waals surface area contributed by atoms with Gasteiger partial charge in [0, 0.05) is 4.47 Å². The Morgan fingerprint density at radius 1 is 0.781 bits per heavy atom. The van der Waals surface area contributed by atoms with Crippen molar-refractivity contribution in [2.24, 2.45) is 0 Å². The Morgan fingerprint density at radius 3 is 1.69 bits per heavy atom. The van der Waals surface area contributed by atoms with Crippen molar-refractivity contribution in [1.29, 1.82) is 0 Å².